The van der Waals surface area contributed by atoms with E-state index in [0.29, 0.717) is 11.1 Å². The Morgan fingerprint density at radius 2 is 1.90 bits per heavy atom. The standard InChI is InChI=1S/C18H16Cl2N4O4S/c1-9-3-12(29(21,27)28)6-15(10(9)2)23-16(25)7-24-8-22-17-13(18(24)26)4-11(19)5-14(17)20/h3-6,8H,7H2,1-2H3,(H,23,25)(H2,21,27,28). The van der Waals surface area contributed by atoms with Crippen molar-refractivity contribution in [3.63, 3.8) is 0 Å². The maximum atomic E-state index is 12.7. The van der Waals surface area contributed by atoms with Gasteiger partial charge in [-0.15, -0.1) is 0 Å². The number of carbonyl (C=O) groups is 1. The summed E-state index contributed by atoms with van der Waals surface area (Å²) in [6.07, 6.45) is 1.21. The topological polar surface area (TPSA) is 124 Å². The molecule has 8 nitrogen and oxygen atoms in total. The molecule has 1 aromatic heterocycles. The third-order valence-electron chi connectivity index (χ3n) is 4.40. The molecule has 0 radical (unpaired) electrons. The Kier molecular flexibility index (Phi) is 5.68. The molecule has 2 aromatic carbocycles. The molecule has 1 heterocycles. The van der Waals surface area contributed by atoms with Gasteiger partial charge in [-0.1, -0.05) is 23.2 Å². The predicted molar refractivity (Wildman–Crippen MR) is 112 cm³/mol. The van der Waals surface area contributed by atoms with E-state index < -0.39 is 21.5 Å². The van der Waals surface area contributed by atoms with Gasteiger partial charge in [0, 0.05) is 10.7 Å². The lowest BCUT2D eigenvalue weighted by Gasteiger charge is -2.13. The van der Waals surface area contributed by atoms with Gasteiger partial charge in [0.15, 0.2) is 0 Å². The Hall–Kier alpha value is -2.46. The number of nitrogens with one attached hydrogen (secondary N) is 1. The number of hydrogen-bond donors (Lipinski definition) is 2. The van der Waals surface area contributed by atoms with Crippen LogP contribution >= 0.6 is 23.2 Å². The molecule has 0 saturated carbocycles. The normalized spacial score (nSPS) is 11.6. The van der Waals surface area contributed by atoms with Gasteiger partial charge in [-0.25, -0.2) is 18.5 Å². The number of benzene rings is 2. The molecule has 0 fully saturated rings. The molecule has 0 bridgehead atoms. The monoisotopic (exact) mass is 454 g/mol. The highest BCUT2D eigenvalue weighted by Gasteiger charge is 2.16. The number of fused-ring (bicyclic) bond motifs is 1. The number of carbonyl (C=O) groups excluding carboxylic acids is 1. The van der Waals surface area contributed by atoms with Crippen LogP contribution in [0.5, 0.6) is 0 Å². The van der Waals surface area contributed by atoms with Gasteiger partial charge in [-0.3, -0.25) is 14.2 Å². The van der Waals surface area contributed by atoms with E-state index in [1.165, 1.54) is 30.6 Å². The number of rotatable bonds is 4. The van der Waals surface area contributed by atoms with Crippen molar-refractivity contribution >= 4 is 55.7 Å². The first-order valence-electron chi connectivity index (χ1n) is 8.25. The second kappa shape index (κ2) is 7.75. The molecule has 0 aliphatic carbocycles. The van der Waals surface area contributed by atoms with Crippen LogP contribution in [0, 0.1) is 13.8 Å². The molecule has 29 heavy (non-hydrogen) atoms. The van der Waals surface area contributed by atoms with Crippen LogP contribution in [0.3, 0.4) is 0 Å². The summed E-state index contributed by atoms with van der Waals surface area (Å²) >= 11 is 12.0. The van der Waals surface area contributed by atoms with Gasteiger partial charge >= 0.3 is 0 Å². The average Bonchev–Trinajstić information content (AvgIpc) is 2.60. The molecule has 0 spiro atoms. The van der Waals surface area contributed by atoms with Crippen LogP contribution in [0.25, 0.3) is 10.9 Å². The highest BCUT2D eigenvalue weighted by molar-refractivity contribution is 7.89. The number of amides is 1. The zero-order valence-electron chi connectivity index (χ0n) is 15.4. The van der Waals surface area contributed by atoms with Crippen molar-refractivity contribution in [2.75, 3.05) is 5.32 Å². The summed E-state index contributed by atoms with van der Waals surface area (Å²) in [5, 5.41) is 8.47. The molecule has 0 saturated heterocycles. The summed E-state index contributed by atoms with van der Waals surface area (Å²) in [7, 11) is -3.94. The number of nitrogens with zero attached hydrogens (tertiary/aromatic N) is 2. The second-order valence-electron chi connectivity index (χ2n) is 6.47. The minimum Gasteiger partial charge on any atom is -0.324 e. The van der Waals surface area contributed by atoms with Crippen molar-refractivity contribution in [2.24, 2.45) is 5.14 Å². The molecule has 1 amide bonds. The third kappa shape index (κ3) is 4.43. The summed E-state index contributed by atoms with van der Waals surface area (Å²) in [6.45, 7) is 3.08. The summed E-state index contributed by atoms with van der Waals surface area (Å²) in [5.74, 6) is -0.546. The van der Waals surface area contributed by atoms with E-state index in [9.17, 15) is 18.0 Å². The van der Waals surface area contributed by atoms with Gasteiger partial charge in [0.05, 0.1) is 27.1 Å². The Bertz CT molecular complexity index is 1320. The molecule has 11 heteroatoms. The molecular formula is C18H16Cl2N4O4S. The summed E-state index contributed by atoms with van der Waals surface area (Å²) in [6, 6.07) is 5.59. The summed E-state index contributed by atoms with van der Waals surface area (Å²) < 4.78 is 24.4. The first kappa shape index (κ1) is 21.3. The largest absolute Gasteiger partial charge is 0.324 e. The fourth-order valence-electron chi connectivity index (χ4n) is 2.77. The van der Waals surface area contributed by atoms with E-state index in [1.807, 2.05) is 0 Å². The number of halogens is 2. The number of aromatic nitrogens is 2. The number of primary sulfonamides is 1. The quantitative estimate of drug-likeness (QED) is 0.626. The molecule has 0 aliphatic rings. The summed E-state index contributed by atoms with van der Waals surface area (Å²) in [5.41, 5.74) is 1.40. The zero-order valence-corrected chi connectivity index (χ0v) is 17.7. The predicted octanol–water partition coefficient (Wildman–Crippen LogP) is 2.61. The molecule has 3 aromatic rings. The smallest absolute Gasteiger partial charge is 0.261 e. The van der Waals surface area contributed by atoms with Crippen molar-refractivity contribution < 1.29 is 13.2 Å². The minimum atomic E-state index is -3.94. The van der Waals surface area contributed by atoms with Gasteiger partial charge in [-0.2, -0.15) is 0 Å². The van der Waals surface area contributed by atoms with Crippen LogP contribution in [0.1, 0.15) is 11.1 Å². The lowest BCUT2D eigenvalue weighted by Crippen LogP contribution is -2.28. The van der Waals surface area contributed by atoms with Crippen molar-refractivity contribution in [1.29, 1.82) is 0 Å². The third-order valence-corrected chi connectivity index (χ3v) is 5.80. The van der Waals surface area contributed by atoms with Gasteiger partial charge < -0.3 is 5.32 Å². The fourth-order valence-corrected chi connectivity index (χ4v) is 3.94. The van der Waals surface area contributed by atoms with Crippen molar-refractivity contribution in [3.8, 4) is 0 Å². The summed E-state index contributed by atoms with van der Waals surface area (Å²) in [4.78, 5) is 29.2. The van der Waals surface area contributed by atoms with Crippen LogP contribution in [0.2, 0.25) is 10.0 Å². The Balaban J connectivity index is 1.93. The van der Waals surface area contributed by atoms with E-state index in [2.05, 4.69) is 10.3 Å². The molecule has 0 atom stereocenters. The number of sulfonamides is 1. The van der Waals surface area contributed by atoms with E-state index in [4.69, 9.17) is 28.3 Å². The average molecular weight is 455 g/mol. The fraction of sp³-hybridized carbons (Fsp3) is 0.167. The highest BCUT2D eigenvalue weighted by Crippen LogP contribution is 2.25. The van der Waals surface area contributed by atoms with Gasteiger partial charge in [0.1, 0.15) is 6.54 Å². The SMILES string of the molecule is Cc1cc(S(N)(=O)=O)cc(NC(=O)Cn2cnc3c(Cl)cc(Cl)cc3c2=O)c1C. The zero-order chi connectivity index (χ0) is 21.5. The highest BCUT2D eigenvalue weighted by atomic mass is 35.5. The Labute approximate surface area is 176 Å². The minimum absolute atomic E-state index is 0.121. The van der Waals surface area contributed by atoms with E-state index in [0.717, 1.165) is 4.57 Å². The molecular weight excluding hydrogens is 439 g/mol. The first-order chi connectivity index (χ1) is 13.5. The van der Waals surface area contributed by atoms with Crippen LogP contribution < -0.4 is 16.0 Å². The van der Waals surface area contributed by atoms with Crippen LogP contribution in [0.4, 0.5) is 5.69 Å². The lowest BCUT2D eigenvalue weighted by molar-refractivity contribution is -0.116. The Morgan fingerprint density at radius 1 is 1.21 bits per heavy atom. The van der Waals surface area contributed by atoms with Gasteiger partial charge in [0.2, 0.25) is 15.9 Å². The Morgan fingerprint density at radius 3 is 2.55 bits per heavy atom. The van der Waals surface area contributed by atoms with Crippen LogP contribution in [-0.4, -0.2) is 23.9 Å². The second-order valence-corrected chi connectivity index (χ2v) is 8.87. The van der Waals surface area contributed by atoms with E-state index >= 15 is 0 Å². The van der Waals surface area contributed by atoms with E-state index in [-0.39, 0.29) is 38.1 Å². The van der Waals surface area contributed by atoms with E-state index in [1.54, 1.807) is 13.8 Å². The maximum absolute atomic E-state index is 12.7. The lowest BCUT2D eigenvalue weighted by atomic mass is 10.1. The van der Waals surface area contributed by atoms with Crippen molar-refractivity contribution in [1.82, 2.24) is 9.55 Å². The van der Waals surface area contributed by atoms with Crippen molar-refractivity contribution in [3.05, 3.63) is 62.1 Å². The molecule has 0 unspecified atom stereocenters. The molecule has 0 aliphatic heterocycles. The van der Waals surface area contributed by atoms with Gasteiger partial charge in [-0.05, 0) is 49.2 Å². The molecule has 3 rings (SSSR count). The first-order valence-corrected chi connectivity index (χ1v) is 10.6. The molecule has 152 valence electrons. The molecule has 3 N–H and O–H groups in total. The number of nitrogens with two attached hydrogens (primary N) is 1. The van der Waals surface area contributed by atoms with Crippen LogP contribution in [-0.2, 0) is 21.4 Å². The van der Waals surface area contributed by atoms with Gasteiger partial charge in [0.25, 0.3) is 5.56 Å². The number of aryl methyl sites for hydroxylation is 1. The number of anilines is 1. The van der Waals surface area contributed by atoms with Crippen molar-refractivity contribution in [2.45, 2.75) is 25.3 Å². The maximum Gasteiger partial charge on any atom is 0.261 e. The van der Waals surface area contributed by atoms with Crippen LogP contribution in [0.15, 0.2) is 40.3 Å². The number of hydrogen-bond acceptors (Lipinski definition) is 5.